The second kappa shape index (κ2) is 5.64. The summed E-state index contributed by atoms with van der Waals surface area (Å²) in [6.45, 7) is 2.53. The van der Waals surface area contributed by atoms with E-state index in [2.05, 4.69) is 25.1 Å². The molecule has 0 heterocycles. The van der Waals surface area contributed by atoms with Gasteiger partial charge in [0.05, 0.1) is 0 Å². The highest BCUT2D eigenvalue weighted by Gasteiger charge is 2.51. The first-order chi connectivity index (χ1) is 13.2. The van der Waals surface area contributed by atoms with E-state index in [0.29, 0.717) is 0 Å². The van der Waals surface area contributed by atoms with E-state index < -0.39 is 0 Å². The maximum atomic E-state index is 2.56. The summed E-state index contributed by atoms with van der Waals surface area (Å²) >= 11 is 0. The third kappa shape index (κ3) is 2.28. The first-order valence-corrected chi connectivity index (χ1v) is 12.3. The topological polar surface area (TPSA) is 0 Å². The summed E-state index contributed by atoms with van der Waals surface area (Å²) in [5.74, 6) is 10.3. The molecule has 0 spiro atoms. The van der Waals surface area contributed by atoms with Crippen molar-refractivity contribution in [2.24, 2.45) is 47.3 Å². The van der Waals surface area contributed by atoms with Gasteiger partial charge in [-0.15, -0.1) is 0 Å². The Morgan fingerprint density at radius 1 is 0.519 bits per heavy atom. The molecule has 1 aromatic carbocycles. The molecule has 8 fully saturated rings. The smallest absolute Gasteiger partial charge is 0.0102 e. The van der Waals surface area contributed by atoms with E-state index in [4.69, 9.17) is 0 Å². The summed E-state index contributed by atoms with van der Waals surface area (Å²) in [6.07, 6.45) is 15.6. The molecule has 0 amide bonds. The molecule has 0 nitrogen and oxygen atoms in total. The van der Waals surface area contributed by atoms with Gasteiger partial charge in [-0.2, -0.15) is 0 Å². The van der Waals surface area contributed by atoms with E-state index in [1.54, 1.807) is 80.9 Å². The van der Waals surface area contributed by atoms with Crippen molar-refractivity contribution in [3.63, 3.8) is 0 Å². The maximum absolute atomic E-state index is 2.56. The summed E-state index contributed by atoms with van der Waals surface area (Å²) in [5, 5.41) is 0. The van der Waals surface area contributed by atoms with E-state index in [9.17, 15) is 0 Å². The lowest BCUT2D eigenvalue weighted by atomic mass is 9.49. The van der Waals surface area contributed by atoms with Gasteiger partial charge in [0.1, 0.15) is 0 Å². The van der Waals surface area contributed by atoms with E-state index in [-0.39, 0.29) is 0 Å². The van der Waals surface area contributed by atoms with Crippen LogP contribution in [0.2, 0.25) is 0 Å². The monoisotopic (exact) mass is 360 g/mol. The molecule has 9 rings (SSSR count). The fraction of sp³-hybridized carbons (Fsp3) is 0.778. The Bertz CT molecular complexity index is 641. The molecule has 0 saturated heterocycles. The molecule has 8 aliphatic rings. The lowest BCUT2D eigenvalue weighted by Crippen LogP contribution is -2.45. The van der Waals surface area contributed by atoms with E-state index in [1.807, 2.05) is 0 Å². The van der Waals surface area contributed by atoms with Gasteiger partial charge in [-0.3, -0.25) is 0 Å². The van der Waals surface area contributed by atoms with Crippen molar-refractivity contribution >= 4 is 0 Å². The number of hydrogen-bond donors (Lipinski definition) is 0. The van der Waals surface area contributed by atoms with Gasteiger partial charge < -0.3 is 0 Å². The molecular weight excluding hydrogens is 324 g/mol. The molecule has 0 aliphatic heterocycles. The largest absolute Gasteiger partial charge is 0.0617 e. The second-order valence-corrected chi connectivity index (χ2v) is 12.0. The summed E-state index contributed by atoms with van der Waals surface area (Å²) in [4.78, 5) is 0. The Hall–Kier alpha value is -0.780. The van der Waals surface area contributed by atoms with Gasteiger partial charge >= 0.3 is 0 Å². The van der Waals surface area contributed by atoms with Crippen molar-refractivity contribution < 1.29 is 0 Å². The highest BCUT2D eigenvalue weighted by atomic mass is 14.6. The standard InChI is InChI=1S/C27H36/c1-15-24(26-20-7-16-5-17(9-20)10-21(26)8-16)3-2-4-25(15)27-22-11-18-6-19(13-22)14-23(27)12-18/h2-4,16-23,26-27H,5-14H2,1H3. The molecule has 0 unspecified atom stereocenters. The average Bonchev–Trinajstić information content (AvgIpc) is 2.62. The number of benzene rings is 1. The quantitative estimate of drug-likeness (QED) is 0.529. The first kappa shape index (κ1) is 16.1. The summed E-state index contributed by atoms with van der Waals surface area (Å²) < 4.78 is 0. The van der Waals surface area contributed by atoms with Crippen LogP contribution in [0.4, 0.5) is 0 Å². The van der Waals surface area contributed by atoms with Crippen molar-refractivity contribution in [2.75, 3.05) is 0 Å². The third-order valence-corrected chi connectivity index (χ3v) is 10.6. The molecule has 8 saturated carbocycles. The van der Waals surface area contributed by atoms with Gasteiger partial charge in [-0.05, 0) is 147 Å². The number of rotatable bonds is 2. The van der Waals surface area contributed by atoms with Gasteiger partial charge in [-0.25, -0.2) is 0 Å². The lowest BCUT2D eigenvalue weighted by molar-refractivity contribution is -0.00538. The zero-order valence-corrected chi connectivity index (χ0v) is 17.1. The minimum atomic E-state index is 0.912. The Kier molecular flexibility index (Phi) is 3.36. The van der Waals surface area contributed by atoms with Gasteiger partial charge in [0.15, 0.2) is 0 Å². The minimum Gasteiger partial charge on any atom is -0.0617 e. The Morgan fingerprint density at radius 3 is 1.19 bits per heavy atom. The second-order valence-electron chi connectivity index (χ2n) is 12.0. The van der Waals surface area contributed by atoms with Gasteiger partial charge in [-0.1, -0.05) is 18.2 Å². The normalized spacial score (nSPS) is 51.9. The van der Waals surface area contributed by atoms with Gasteiger partial charge in [0, 0.05) is 0 Å². The molecule has 144 valence electrons. The van der Waals surface area contributed by atoms with E-state index >= 15 is 0 Å². The Morgan fingerprint density at radius 2 is 0.852 bits per heavy atom. The van der Waals surface area contributed by atoms with Crippen molar-refractivity contribution in [1.29, 1.82) is 0 Å². The molecule has 0 atom stereocenters. The fourth-order valence-corrected chi connectivity index (χ4v) is 10.3. The third-order valence-electron chi connectivity index (χ3n) is 10.6. The molecule has 0 heteroatoms. The average molecular weight is 361 g/mol. The summed E-state index contributed by atoms with van der Waals surface area (Å²) in [5.41, 5.74) is 5.35. The highest BCUT2D eigenvalue weighted by Crippen LogP contribution is 2.62. The van der Waals surface area contributed by atoms with Crippen LogP contribution >= 0.6 is 0 Å². The molecule has 1 aromatic rings. The lowest BCUT2D eigenvalue weighted by Gasteiger charge is -2.56. The number of hydrogen-bond acceptors (Lipinski definition) is 0. The van der Waals surface area contributed by atoms with Crippen LogP contribution in [0, 0.1) is 54.3 Å². The van der Waals surface area contributed by atoms with Crippen LogP contribution in [0.3, 0.4) is 0 Å². The van der Waals surface area contributed by atoms with Gasteiger partial charge in [0.25, 0.3) is 0 Å². The highest BCUT2D eigenvalue weighted by molar-refractivity contribution is 5.41. The molecular formula is C27H36. The van der Waals surface area contributed by atoms with Crippen molar-refractivity contribution in [3.05, 3.63) is 34.9 Å². The molecule has 8 aliphatic carbocycles. The fourth-order valence-electron chi connectivity index (χ4n) is 10.3. The van der Waals surface area contributed by atoms with Crippen LogP contribution in [0.25, 0.3) is 0 Å². The van der Waals surface area contributed by atoms with Crippen LogP contribution in [-0.2, 0) is 0 Å². The van der Waals surface area contributed by atoms with Crippen LogP contribution in [-0.4, -0.2) is 0 Å². The molecule has 27 heavy (non-hydrogen) atoms. The molecule has 0 aromatic heterocycles. The zero-order chi connectivity index (χ0) is 17.7. The van der Waals surface area contributed by atoms with Crippen molar-refractivity contribution in [1.82, 2.24) is 0 Å². The summed E-state index contributed by atoms with van der Waals surface area (Å²) in [7, 11) is 0. The Balaban J connectivity index is 1.26. The Labute approximate surface area is 165 Å². The first-order valence-electron chi connectivity index (χ1n) is 12.3. The van der Waals surface area contributed by atoms with E-state index in [0.717, 1.165) is 59.2 Å². The van der Waals surface area contributed by atoms with E-state index in [1.165, 1.54) is 0 Å². The van der Waals surface area contributed by atoms with Crippen LogP contribution in [0.15, 0.2) is 18.2 Å². The van der Waals surface area contributed by atoms with Crippen molar-refractivity contribution in [2.45, 2.75) is 83.0 Å². The van der Waals surface area contributed by atoms with Crippen molar-refractivity contribution in [3.8, 4) is 0 Å². The minimum absolute atomic E-state index is 0.912. The SMILES string of the molecule is Cc1c(C2C3CC4CC(C3)CC2C4)cccc1C1C2CC3CC(C2)CC1C3. The predicted octanol–water partition coefficient (Wildman–Crippen LogP) is 7.07. The maximum Gasteiger partial charge on any atom is -0.0102 e. The van der Waals surface area contributed by atoms with Crippen LogP contribution < -0.4 is 0 Å². The molecule has 0 radical (unpaired) electrons. The zero-order valence-electron chi connectivity index (χ0n) is 17.1. The van der Waals surface area contributed by atoms with Crippen LogP contribution in [0.1, 0.15) is 92.7 Å². The van der Waals surface area contributed by atoms with Crippen LogP contribution in [0.5, 0.6) is 0 Å². The van der Waals surface area contributed by atoms with Gasteiger partial charge in [0.2, 0.25) is 0 Å². The molecule has 8 bridgehead atoms. The molecule has 0 N–H and O–H groups in total. The summed E-state index contributed by atoms with van der Waals surface area (Å²) in [6, 6.07) is 7.58. The predicted molar refractivity (Wildman–Crippen MR) is 111 cm³/mol.